The van der Waals surface area contributed by atoms with Gasteiger partial charge < -0.3 is 10.1 Å². The minimum absolute atomic E-state index is 0.00243. The van der Waals surface area contributed by atoms with Crippen LogP contribution in [-0.4, -0.2) is 24.8 Å². The van der Waals surface area contributed by atoms with Crippen molar-refractivity contribution >= 4 is 0 Å². The average Bonchev–Trinajstić information content (AvgIpc) is 2.31. The van der Waals surface area contributed by atoms with E-state index in [-0.39, 0.29) is 5.60 Å². The summed E-state index contributed by atoms with van der Waals surface area (Å²) in [5.74, 6) is 0. The lowest BCUT2D eigenvalue weighted by Gasteiger charge is -2.47. The molecule has 0 amide bonds. The van der Waals surface area contributed by atoms with Crippen LogP contribution in [0.5, 0.6) is 0 Å². The van der Waals surface area contributed by atoms with Crippen LogP contribution in [0.4, 0.5) is 0 Å². The lowest BCUT2D eigenvalue weighted by molar-refractivity contribution is -0.0965. The van der Waals surface area contributed by atoms with Gasteiger partial charge in [-0.3, -0.25) is 0 Å². The molecule has 1 N–H and O–H groups in total. The van der Waals surface area contributed by atoms with Crippen LogP contribution in [0.15, 0.2) is 11.6 Å². The third-order valence-corrected chi connectivity index (χ3v) is 4.37. The molecule has 19 heavy (non-hydrogen) atoms. The van der Waals surface area contributed by atoms with E-state index in [1.165, 1.54) is 18.4 Å². The number of hydrogen-bond acceptors (Lipinski definition) is 2. The molecular weight excluding hydrogens is 234 g/mol. The number of hydrogen-bond donors (Lipinski definition) is 1. The lowest BCUT2D eigenvalue weighted by Crippen LogP contribution is -2.54. The molecule has 2 nitrogen and oxygen atoms in total. The van der Waals surface area contributed by atoms with Crippen LogP contribution in [-0.2, 0) is 4.74 Å². The molecule has 0 aliphatic heterocycles. The van der Waals surface area contributed by atoms with Crippen molar-refractivity contribution in [1.82, 2.24) is 5.32 Å². The number of ether oxygens (including phenoxy) is 1. The Morgan fingerprint density at radius 2 is 1.74 bits per heavy atom. The van der Waals surface area contributed by atoms with E-state index < -0.39 is 0 Å². The Balaban J connectivity index is 2.93. The van der Waals surface area contributed by atoms with Gasteiger partial charge in [-0.2, -0.15) is 0 Å². The average molecular weight is 267 g/mol. The molecule has 1 aliphatic carbocycles. The molecule has 1 unspecified atom stereocenters. The predicted molar refractivity (Wildman–Crippen MR) is 83.5 cm³/mol. The molecule has 112 valence electrons. The van der Waals surface area contributed by atoms with Gasteiger partial charge in [0, 0.05) is 6.61 Å². The van der Waals surface area contributed by atoms with Gasteiger partial charge in [-0.05, 0) is 58.4 Å². The van der Waals surface area contributed by atoms with Gasteiger partial charge in [0.1, 0.15) is 0 Å². The van der Waals surface area contributed by atoms with Crippen LogP contribution < -0.4 is 5.32 Å². The van der Waals surface area contributed by atoms with Crippen molar-refractivity contribution in [3.63, 3.8) is 0 Å². The molecule has 0 radical (unpaired) electrons. The number of allylic oxidation sites excluding steroid dienone is 1. The van der Waals surface area contributed by atoms with Gasteiger partial charge in [0.15, 0.2) is 0 Å². The van der Waals surface area contributed by atoms with Gasteiger partial charge >= 0.3 is 0 Å². The van der Waals surface area contributed by atoms with Gasteiger partial charge in [0.05, 0.1) is 11.6 Å². The Labute approximate surface area is 120 Å². The van der Waals surface area contributed by atoms with E-state index in [0.717, 1.165) is 26.0 Å². The summed E-state index contributed by atoms with van der Waals surface area (Å²) < 4.78 is 6.27. The largest absolute Gasteiger partial charge is 0.373 e. The molecule has 1 fully saturated rings. The van der Waals surface area contributed by atoms with Crippen molar-refractivity contribution in [2.45, 2.75) is 78.9 Å². The second-order valence-electron chi connectivity index (χ2n) is 6.94. The van der Waals surface area contributed by atoms with Crippen LogP contribution in [0.2, 0.25) is 0 Å². The van der Waals surface area contributed by atoms with E-state index in [4.69, 9.17) is 4.74 Å². The maximum atomic E-state index is 6.27. The highest BCUT2D eigenvalue weighted by atomic mass is 16.5. The zero-order chi connectivity index (χ0) is 14.5. The second-order valence-corrected chi connectivity index (χ2v) is 6.94. The summed E-state index contributed by atoms with van der Waals surface area (Å²) in [4.78, 5) is 0. The molecular formula is C17H33NO. The fourth-order valence-corrected chi connectivity index (χ4v) is 3.13. The zero-order valence-electron chi connectivity index (χ0n) is 13.8. The maximum absolute atomic E-state index is 6.27. The highest BCUT2D eigenvalue weighted by Gasteiger charge is 2.43. The zero-order valence-corrected chi connectivity index (χ0v) is 13.8. The Kier molecular flexibility index (Phi) is 6.07. The fourth-order valence-electron chi connectivity index (χ4n) is 3.13. The molecule has 0 aromatic heterocycles. The highest BCUT2D eigenvalue weighted by Crippen LogP contribution is 2.44. The minimum atomic E-state index is -0.00243. The molecule has 1 aliphatic rings. The van der Waals surface area contributed by atoms with Crippen LogP contribution in [0.3, 0.4) is 0 Å². The summed E-state index contributed by atoms with van der Waals surface area (Å²) in [6.45, 7) is 15.2. The van der Waals surface area contributed by atoms with Gasteiger partial charge in [-0.15, -0.1) is 0 Å². The Bertz CT molecular complexity index is 292. The van der Waals surface area contributed by atoms with Gasteiger partial charge in [-0.1, -0.05) is 32.4 Å². The van der Waals surface area contributed by atoms with Crippen LogP contribution in [0, 0.1) is 5.41 Å². The first-order chi connectivity index (χ1) is 8.85. The normalized spacial score (nSPS) is 22.8. The van der Waals surface area contributed by atoms with E-state index >= 15 is 0 Å². The molecule has 1 rings (SSSR count). The van der Waals surface area contributed by atoms with Crippen molar-refractivity contribution in [3.05, 3.63) is 11.6 Å². The summed E-state index contributed by atoms with van der Waals surface area (Å²) in [5, 5.41) is 3.64. The number of nitrogens with one attached hydrogen (secondary N) is 1. The van der Waals surface area contributed by atoms with Crippen LogP contribution >= 0.6 is 0 Å². The molecule has 1 saturated carbocycles. The topological polar surface area (TPSA) is 21.3 Å². The van der Waals surface area contributed by atoms with Crippen molar-refractivity contribution in [1.29, 1.82) is 0 Å². The molecule has 0 saturated heterocycles. The third kappa shape index (κ3) is 4.61. The summed E-state index contributed by atoms with van der Waals surface area (Å²) in [7, 11) is 0. The standard InChI is InChI=1S/C17H33NO/c1-7-18-15(13-14(3)4)17(19-8-2)11-9-16(5,6)10-12-17/h13,15,18H,7-12H2,1-6H3. The van der Waals surface area contributed by atoms with E-state index in [9.17, 15) is 0 Å². The second kappa shape index (κ2) is 6.90. The quantitative estimate of drug-likeness (QED) is 0.724. The van der Waals surface area contributed by atoms with E-state index in [1.54, 1.807) is 0 Å². The molecule has 0 spiro atoms. The molecule has 0 heterocycles. The van der Waals surface area contributed by atoms with Crippen molar-refractivity contribution < 1.29 is 4.74 Å². The first kappa shape index (κ1) is 16.7. The molecule has 0 bridgehead atoms. The van der Waals surface area contributed by atoms with Crippen LogP contribution in [0.25, 0.3) is 0 Å². The smallest absolute Gasteiger partial charge is 0.0870 e. The SMILES string of the molecule is CCNC(C=C(C)C)C1(OCC)CCC(C)(C)CC1. The summed E-state index contributed by atoms with van der Waals surface area (Å²) in [5.41, 5.74) is 1.84. The maximum Gasteiger partial charge on any atom is 0.0870 e. The van der Waals surface area contributed by atoms with Gasteiger partial charge in [0.2, 0.25) is 0 Å². The lowest BCUT2D eigenvalue weighted by atomic mass is 9.68. The Morgan fingerprint density at radius 3 is 2.16 bits per heavy atom. The van der Waals surface area contributed by atoms with Crippen molar-refractivity contribution in [2.75, 3.05) is 13.2 Å². The highest BCUT2D eigenvalue weighted by molar-refractivity contribution is 5.11. The number of rotatable bonds is 6. The summed E-state index contributed by atoms with van der Waals surface area (Å²) >= 11 is 0. The molecule has 2 heteroatoms. The number of likely N-dealkylation sites (N-methyl/N-ethyl adjacent to an activating group) is 1. The first-order valence-electron chi connectivity index (χ1n) is 7.87. The molecule has 0 aromatic carbocycles. The molecule has 0 aromatic rings. The van der Waals surface area contributed by atoms with E-state index in [1.807, 2.05) is 0 Å². The third-order valence-electron chi connectivity index (χ3n) is 4.37. The Hall–Kier alpha value is -0.340. The fraction of sp³-hybridized carbons (Fsp3) is 0.882. The van der Waals surface area contributed by atoms with Gasteiger partial charge in [0.25, 0.3) is 0 Å². The Morgan fingerprint density at radius 1 is 1.16 bits per heavy atom. The summed E-state index contributed by atoms with van der Waals surface area (Å²) in [6, 6.07) is 0.346. The van der Waals surface area contributed by atoms with E-state index in [2.05, 4.69) is 52.9 Å². The van der Waals surface area contributed by atoms with Crippen molar-refractivity contribution in [2.24, 2.45) is 5.41 Å². The minimum Gasteiger partial charge on any atom is -0.373 e. The van der Waals surface area contributed by atoms with Gasteiger partial charge in [-0.25, -0.2) is 0 Å². The molecule has 1 atom stereocenters. The first-order valence-corrected chi connectivity index (χ1v) is 7.87. The monoisotopic (exact) mass is 267 g/mol. The van der Waals surface area contributed by atoms with Crippen molar-refractivity contribution in [3.8, 4) is 0 Å². The predicted octanol–water partition coefficient (Wildman–Crippen LogP) is 4.31. The van der Waals surface area contributed by atoms with E-state index in [0.29, 0.717) is 11.5 Å². The van der Waals surface area contributed by atoms with Crippen LogP contribution in [0.1, 0.15) is 67.2 Å². The summed E-state index contributed by atoms with van der Waals surface area (Å²) in [6.07, 6.45) is 7.19.